The lowest BCUT2D eigenvalue weighted by Gasteiger charge is -2.38. The van der Waals surface area contributed by atoms with E-state index in [1.54, 1.807) is 20.8 Å². The van der Waals surface area contributed by atoms with Crippen molar-refractivity contribution in [2.24, 2.45) is 0 Å². The zero-order valence-corrected chi connectivity index (χ0v) is 21.0. The van der Waals surface area contributed by atoms with Crippen LogP contribution in [-0.4, -0.2) is 51.1 Å². The summed E-state index contributed by atoms with van der Waals surface area (Å²) in [6.07, 6.45) is -3.57. The van der Waals surface area contributed by atoms with Gasteiger partial charge in [0.15, 0.2) is 19.2 Å². The Morgan fingerprint density at radius 1 is 1.08 bits per heavy atom. The van der Waals surface area contributed by atoms with E-state index in [2.05, 4.69) is 10.3 Å². The van der Waals surface area contributed by atoms with Gasteiger partial charge in [0.1, 0.15) is 11.6 Å². The Kier molecular flexibility index (Phi) is 7.74. The van der Waals surface area contributed by atoms with Gasteiger partial charge in [0, 0.05) is 11.4 Å². The van der Waals surface area contributed by atoms with E-state index in [9.17, 15) is 18.0 Å². The van der Waals surface area contributed by atoms with Crippen LogP contribution in [0.15, 0.2) is 54.7 Å². The highest BCUT2D eigenvalue weighted by molar-refractivity contribution is 6.31. The normalized spacial score (nSPS) is 16.0. The summed E-state index contributed by atoms with van der Waals surface area (Å²) in [7, 11) is 0. The second-order valence-corrected chi connectivity index (χ2v) is 9.67. The van der Waals surface area contributed by atoms with Crippen molar-refractivity contribution in [3.05, 3.63) is 71.0 Å². The molecule has 1 aromatic heterocycles. The Morgan fingerprint density at radius 3 is 2.41 bits per heavy atom. The average molecular weight is 540 g/mol. The molecule has 1 atom stereocenters. The Bertz CT molecular complexity index is 1230. The van der Waals surface area contributed by atoms with Gasteiger partial charge in [-0.25, -0.2) is 9.75 Å². The maximum Gasteiger partial charge on any atom is 0.436 e. The molecule has 2 aromatic carbocycles. The standard InChI is InChI=1S/C24H25ClF3N5O4/c1-23(2,3)37-22(34)20(11-16-7-5-4-6-8-16)33-15-35-32(14-36-33)19-12-17(25)9-10-18(19)31-13-21(29-30-31)24(26,27)28/h4-10,12-13,20H,11,14-15H2,1-3H3. The fraction of sp³-hybridized carbons (Fsp3) is 0.375. The fourth-order valence-electron chi connectivity index (χ4n) is 3.56. The molecule has 0 spiro atoms. The van der Waals surface area contributed by atoms with Gasteiger partial charge >= 0.3 is 12.1 Å². The van der Waals surface area contributed by atoms with Crippen LogP contribution < -0.4 is 5.06 Å². The smallest absolute Gasteiger partial charge is 0.436 e. The van der Waals surface area contributed by atoms with Crippen LogP contribution >= 0.6 is 11.6 Å². The lowest BCUT2D eigenvalue weighted by molar-refractivity contribution is -0.284. The third-order valence-electron chi connectivity index (χ3n) is 5.22. The highest BCUT2D eigenvalue weighted by Gasteiger charge is 2.37. The number of aromatic nitrogens is 3. The number of rotatable bonds is 6. The van der Waals surface area contributed by atoms with E-state index in [1.807, 2.05) is 30.3 Å². The number of nitrogens with zero attached hydrogens (tertiary/aromatic N) is 5. The third kappa shape index (κ3) is 6.77. The summed E-state index contributed by atoms with van der Waals surface area (Å²) in [6.45, 7) is 4.95. The summed E-state index contributed by atoms with van der Waals surface area (Å²) in [5.74, 6) is -0.487. The Hall–Kier alpha value is -3.19. The van der Waals surface area contributed by atoms with Crippen LogP contribution in [0.2, 0.25) is 5.02 Å². The van der Waals surface area contributed by atoms with Crippen molar-refractivity contribution in [2.45, 2.75) is 45.0 Å². The van der Waals surface area contributed by atoms with Crippen molar-refractivity contribution in [1.29, 1.82) is 0 Å². The quantitative estimate of drug-likeness (QED) is 0.414. The first-order valence-electron chi connectivity index (χ1n) is 11.3. The van der Waals surface area contributed by atoms with Gasteiger partial charge in [-0.3, -0.25) is 14.5 Å². The Morgan fingerprint density at radius 2 is 1.81 bits per heavy atom. The molecule has 198 valence electrons. The van der Waals surface area contributed by atoms with Gasteiger partial charge in [-0.15, -0.1) is 10.2 Å². The molecule has 0 saturated carbocycles. The van der Waals surface area contributed by atoms with Gasteiger partial charge < -0.3 is 4.74 Å². The van der Waals surface area contributed by atoms with Crippen molar-refractivity contribution < 1.29 is 32.4 Å². The van der Waals surface area contributed by atoms with Gasteiger partial charge in [-0.05, 0) is 44.5 Å². The van der Waals surface area contributed by atoms with Crippen molar-refractivity contribution in [2.75, 3.05) is 18.5 Å². The van der Waals surface area contributed by atoms with E-state index in [0.29, 0.717) is 17.1 Å². The van der Waals surface area contributed by atoms with Crippen molar-refractivity contribution in [1.82, 2.24) is 20.1 Å². The summed E-state index contributed by atoms with van der Waals surface area (Å²) in [4.78, 5) is 24.8. The number of anilines is 1. The molecule has 0 bridgehead atoms. The highest BCUT2D eigenvalue weighted by atomic mass is 35.5. The number of hydrogen-bond donors (Lipinski definition) is 0. The average Bonchev–Trinajstić information content (AvgIpc) is 3.33. The molecule has 37 heavy (non-hydrogen) atoms. The third-order valence-corrected chi connectivity index (χ3v) is 5.45. The first kappa shape index (κ1) is 26.9. The van der Waals surface area contributed by atoms with Crippen LogP contribution in [0.5, 0.6) is 0 Å². The van der Waals surface area contributed by atoms with Gasteiger partial charge in [0.2, 0.25) is 0 Å². The Labute approximate surface area is 216 Å². The fourth-order valence-corrected chi connectivity index (χ4v) is 3.72. The molecule has 1 unspecified atom stereocenters. The second-order valence-electron chi connectivity index (χ2n) is 9.23. The summed E-state index contributed by atoms with van der Waals surface area (Å²) < 4.78 is 45.7. The number of carbonyl (C=O) groups is 1. The van der Waals surface area contributed by atoms with E-state index in [1.165, 1.54) is 28.3 Å². The number of carbonyl (C=O) groups excluding carboxylic acids is 1. The second kappa shape index (κ2) is 10.7. The van der Waals surface area contributed by atoms with Gasteiger partial charge in [0.05, 0.1) is 17.6 Å². The minimum absolute atomic E-state index is 0.173. The maximum atomic E-state index is 13.0. The minimum Gasteiger partial charge on any atom is -0.459 e. The molecule has 0 N–H and O–H groups in total. The number of hydrogen-bond acceptors (Lipinski definition) is 8. The number of ether oxygens (including phenoxy) is 1. The molecule has 0 radical (unpaired) electrons. The molecule has 3 aromatic rings. The molecule has 2 heterocycles. The number of benzene rings is 2. The molecule has 0 amide bonds. The zero-order chi connectivity index (χ0) is 26.8. The lowest BCUT2D eigenvalue weighted by atomic mass is 10.1. The van der Waals surface area contributed by atoms with E-state index >= 15 is 0 Å². The van der Waals surface area contributed by atoms with E-state index in [-0.39, 0.29) is 19.1 Å². The molecular weight excluding hydrogens is 515 g/mol. The summed E-state index contributed by atoms with van der Waals surface area (Å²) in [6, 6.07) is 13.1. The molecule has 9 nitrogen and oxygen atoms in total. The summed E-state index contributed by atoms with van der Waals surface area (Å²) in [5.41, 5.74) is -0.429. The first-order valence-corrected chi connectivity index (χ1v) is 11.6. The van der Waals surface area contributed by atoms with Crippen LogP contribution in [0.3, 0.4) is 0 Å². The van der Waals surface area contributed by atoms with Crippen molar-refractivity contribution in [3.8, 4) is 5.69 Å². The van der Waals surface area contributed by atoms with Crippen molar-refractivity contribution >= 4 is 23.3 Å². The minimum atomic E-state index is -4.65. The predicted octanol–water partition coefficient (Wildman–Crippen LogP) is 4.79. The van der Waals surface area contributed by atoms with Crippen LogP contribution in [0.25, 0.3) is 5.69 Å². The van der Waals surface area contributed by atoms with Gasteiger partial charge in [-0.1, -0.05) is 47.1 Å². The molecule has 13 heteroatoms. The zero-order valence-electron chi connectivity index (χ0n) is 20.3. The monoisotopic (exact) mass is 539 g/mol. The lowest BCUT2D eigenvalue weighted by Crippen LogP contribution is -2.52. The van der Waals surface area contributed by atoms with E-state index < -0.39 is 29.5 Å². The van der Waals surface area contributed by atoms with Crippen LogP contribution in [0.1, 0.15) is 32.0 Å². The molecule has 1 aliphatic heterocycles. The first-order chi connectivity index (χ1) is 17.4. The van der Waals surface area contributed by atoms with E-state index in [4.69, 9.17) is 26.0 Å². The Balaban J connectivity index is 1.54. The number of hydroxylamine groups is 3. The van der Waals surface area contributed by atoms with Crippen LogP contribution in [-0.2, 0) is 31.8 Å². The summed E-state index contributed by atoms with van der Waals surface area (Å²) >= 11 is 6.15. The molecule has 1 fully saturated rings. The largest absolute Gasteiger partial charge is 0.459 e. The predicted molar refractivity (Wildman–Crippen MR) is 127 cm³/mol. The van der Waals surface area contributed by atoms with Gasteiger partial charge in [0.25, 0.3) is 0 Å². The summed E-state index contributed by atoms with van der Waals surface area (Å²) in [5, 5.41) is 9.79. The number of halogens is 4. The molecule has 1 aliphatic rings. The number of alkyl halides is 3. The SMILES string of the molecule is CC(C)(C)OC(=O)C(Cc1ccccc1)N1CON(c2cc(Cl)ccc2-n2cc(C(F)(F)F)nn2)CO1. The maximum absolute atomic E-state index is 13.0. The molecule has 0 aliphatic carbocycles. The van der Waals surface area contributed by atoms with Gasteiger partial charge in [-0.2, -0.15) is 13.2 Å². The van der Waals surface area contributed by atoms with Crippen molar-refractivity contribution in [3.63, 3.8) is 0 Å². The molecule has 4 rings (SSSR count). The van der Waals surface area contributed by atoms with E-state index in [0.717, 1.165) is 16.4 Å². The molecule has 1 saturated heterocycles. The van der Waals surface area contributed by atoms with Crippen LogP contribution in [0, 0.1) is 0 Å². The van der Waals surface area contributed by atoms with Crippen LogP contribution in [0.4, 0.5) is 18.9 Å². The topological polar surface area (TPSA) is 82.0 Å². The number of esters is 1. The molecular formula is C24H25ClF3N5O4. The highest BCUT2D eigenvalue weighted by Crippen LogP contribution is 2.32.